The summed E-state index contributed by atoms with van der Waals surface area (Å²) in [5, 5.41) is 3.01. The lowest BCUT2D eigenvalue weighted by atomic mass is 10.1. The van der Waals surface area contributed by atoms with Crippen LogP contribution in [0.3, 0.4) is 0 Å². The van der Waals surface area contributed by atoms with E-state index in [0.717, 1.165) is 38.2 Å². The van der Waals surface area contributed by atoms with Gasteiger partial charge in [-0.05, 0) is 43.3 Å². The van der Waals surface area contributed by atoms with Gasteiger partial charge in [-0.25, -0.2) is 0 Å². The Bertz CT molecular complexity index is 469. The van der Waals surface area contributed by atoms with Gasteiger partial charge in [0.25, 0.3) is 5.91 Å². The molecule has 20 heavy (non-hydrogen) atoms. The zero-order valence-corrected chi connectivity index (χ0v) is 12.8. The molecule has 0 radical (unpaired) electrons. The van der Waals surface area contributed by atoms with Crippen LogP contribution in [0.25, 0.3) is 0 Å². The number of carbonyl (C=O) groups excluding carboxylic acids is 1. The van der Waals surface area contributed by atoms with Crippen molar-refractivity contribution in [3.8, 4) is 0 Å². The van der Waals surface area contributed by atoms with E-state index in [2.05, 4.69) is 42.1 Å². The quantitative estimate of drug-likeness (QED) is 0.859. The van der Waals surface area contributed by atoms with E-state index in [-0.39, 0.29) is 5.91 Å². The molecule has 1 N–H and O–H groups in total. The molecule has 0 aromatic heterocycles. The van der Waals surface area contributed by atoms with Crippen molar-refractivity contribution in [1.29, 1.82) is 0 Å². The molecule has 0 saturated heterocycles. The average Bonchev–Trinajstić information content (AvgIpc) is 2.84. The second kappa shape index (κ2) is 6.75. The fraction of sp³-hybridized carbons (Fsp3) is 0.562. The summed E-state index contributed by atoms with van der Waals surface area (Å²) in [6.45, 7) is 8.99. The summed E-state index contributed by atoms with van der Waals surface area (Å²) < 4.78 is 0. The maximum absolute atomic E-state index is 12.1. The van der Waals surface area contributed by atoms with Crippen LogP contribution in [0, 0.1) is 0 Å². The topological polar surface area (TPSA) is 35.6 Å². The number of anilines is 1. The molecule has 0 saturated carbocycles. The fourth-order valence-electron chi connectivity index (χ4n) is 2.68. The first-order valence-corrected chi connectivity index (χ1v) is 7.50. The van der Waals surface area contributed by atoms with Crippen molar-refractivity contribution in [2.45, 2.75) is 20.3 Å². The van der Waals surface area contributed by atoms with Crippen LogP contribution in [-0.4, -0.2) is 50.6 Å². The van der Waals surface area contributed by atoms with Gasteiger partial charge in [-0.15, -0.1) is 0 Å². The van der Waals surface area contributed by atoms with E-state index >= 15 is 0 Å². The van der Waals surface area contributed by atoms with Gasteiger partial charge in [-0.1, -0.05) is 13.8 Å². The van der Waals surface area contributed by atoms with Gasteiger partial charge >= 0.3 is 0 Å². The molecule has 1 amide bonds. The Balaban J connectivity index is 1.90. The van der Waals surface area contributed by atoms with Crippen molar-refractivity contribution in [1.82, 2.24) is 10.2 Å². The highest BCUT2D eigenvalue weighted by Gasteiger charge is 2.17. The van der Waals surface area contributed by atoms with Crippen LogP contribution in [-0.2, 0) is 6.42 Å². The summed E-state index contributed by atoms with van der Waals surface area (Å²) in [5.74, 6) is 0.0366. The third kappa shape index (κ3) is 3.31. The third-order valence-electron chi connectivity index (χ3n) is 4.08. The van der Waals surface area contributed by atoms with Crippen LogP contribution in [0.2, 0.25) is 0 Å². The van der Waals surface area contributed by atoms with E-state index < -0.39 is 0 Å². The standard InChI is InChI=1S/C16H25N3O/c1-4-19(5-2)11-9-17-16(20)14-6-7-15-13(12-14)8-10-18(15)3/h6-7,12H,4-5,8-11H2,1-3H3,(H,17,20). The van der Waals surface area contributed by atoms with Crippen molar-refractivity contribution >= 4 is 11.6 Å². The Hall–Kier alpha value is -1.55. The molecule has 2 rings (SSSR count). The summed E-state index contributed by atoms with van der Waals surface area (Å²) in [6.07, 6.45) is 1.03. The van der Waals surface area contributed by atoms with E-state index in [1.165, 1.54) is 11.3 Å². The number of rotatable bonds is 6. The lowest BCUT2D eigenvalue weighted by molar-refractivity contribution is 0.0949. The van der Waals surface area contributed by atoms with E-state index in [4.69, 9.17) is 0 Å². The number of hydrogen-bond acceptors (Lipinski definition) is 3. The predicted octanol–water partition coefficient (Wildman–Crippen LogP) is 1.75. The maximum atomic E-state index is 12.1. The first-order chi connectivity index (χ1) is 9.65. The summed E-state index contributed by atoms with van der Waals surface area (Å²) in [6, 6.07) is 6.01. The molecule has 0 unspecified atom stereocenters. The maximum Gasteiger partial charge on any atom is 0.251 e. The largest absolute Gasteiger partial charge is 0.374 e. The lowest BCUT2D eigenvalue weighted by Gasteiger charge is -2.18. The number of hydrogen-bond donors (Lipinski definition) is 1. The molecule has 4 heteroatoms. The number of amides is 1. The molecule has 1 aliphatic rings. The van der Waals surface area contributed by atoms with Gasteiger partial charge < -0.3 is 15.1 Å². The molecule has 1 aromatic rings. The smallest absolute Gasteiger partial charge is 0.251 e. The van der Waals surface area contributed by atoms with E-state index in [1.807, 2.05) is 12.1 Å². The van der Waals surface area contributed by atoms with Crippen molar-refractivity contribution < 1.29 is 4.79 Å². The summed E-state index contributed by atoms with van der Waals surface area (Å²) >= 11 is 0. The van der Waals surface area contributed by atoms with Gasteiger partial charge in [-0.2, -0.15) is 0 Å². The van der Waals surface area contributed by atoms with Crippen LogP contribution < -0.4 is 10.2 Å². The second-order valence-corrected chi connectivity index (χ2v) is 5.30. The van der Waals surface area contributed by atoms with Crippen molar-refractivity contribution in [3.05, 3.63) is 29.3 Å². The van der Waals surface area contributed by atoms with Gasteiger partial charge in [0.05, 0.1) is 0 Å². The van der Waals surface area contributed by atoms with Crippen molar-refractivity contribution in [3.63, 3.8) is 0 Å². The van der Waals surface area contributed by atoms with Gasteiger partial charge in [0.2, 0.25) is 0 Å². The number of fused-ring (bicyclic) bond motifs is 1. The summed E-state index contributed by atoms with van der Waals surface area (Å²) in [7, 11) is 2.09. The molecule has 0 aliphatic carbocycles. The van der Waals surface area contributed by atoms with Gasteiger partial charge in [0.15, 0.2) is 0 Å². The average molecular weight is 275 g/mol. The number of likely N-dealkylation sites (N-methyl/N-ethyl adjacent to an activating group) is 2. The zero-order valence-electron chi connectivity index (χ0n) is 12.8. The highest BCUT2D eigenvalue weighted by Crippen LogP contribution is 2.27. The van der Waals surface area contributed by atoms with Crippen LogP contribution in [0.1, 0.15) is 29.8 Å². The normalized spacial score (nSPS) is 13.7. The summed E-state index contributed by atoms with van der Waals surface area (Å²) in [4.78, 5) is 16.7. The molecule has 1 aromatic carbocycles. The van der Waals surface area contributed by atoms with E-state index in [1.54, 1.807) is 0 Å². The minimum Gasteiger partial charge on any atom is -0.374 e. The highest BCUT2D eigenvalue weighted by molar-refractivity contribution is 5.95. The zero-order chi connectivity index (χ0) is 14.5. The van der Waals surface area contributed by atoms with Gasteiger partial charge in [-0.3, -0.25) is 4.79 Å². The van der Waals surface area contributed by atoms with Crippen molar-refractivity contribution in [2.75, 3.05) is 44.7 Å². The first kappa shape index (κ1) is 14.9. The van der Waals surface area contributed by atoms with Gasteiger partial charge in [0.1, 0.15) is 0 Å². The third-order valence-corrected chi connectivity index (χ3v) is 4.08. The van der Waals surface area contributed by atoms with E-state index in [9.17, 15) is 4.79 Å². The molecular weight excluding hydrogens is 250 g/mol. The predicted molar refractivity (Wildman–Crippen MR) is 83.5 cm³/mol. The molecule has 1 aliphatic heterocycles. The molecule has 1 heterocycles. The minimum atomic E-state index is 0.0366. The Morgan fingerprint density at radius 1 is 1.35 bits per heavy atom. The second-order valence-electron chi connectivity index (χ2n) is 5.30. The Labute approximate surface area is 121 Å². The van der Waals surface area contributed by atoms with Crippen LogP contribution in [0.15, 0.2) is 18.2 Å². The summed E-state index contributed by atoms with van der Waals surface area (Å²) in [5.41, 5.74) is 3.31. The van der Waals surface area contributed by atoms with Crippen LogP contribution >= 0.6 is 0 Å². The number of nitrogens with one attached hydrogen (secondary N) is 1. The number of nitrogens with zero attached hydrogens (tertiary/aromatic N) is 2. The first-order valence-electron chi connectivity index (χ1n) is 7.50. The van der Waals surface area contributed by atoms with E-state index in [0.29, 0.717) is 6.54 Å². The molecule has 0 bridgehead atoms. The number of benzene rings is 1. The molecule has 4 nitrogen and oxygen atoms in total. The fourth-order valence-corrected chi connectivity index (χ4v) is 2.68. The number of carbonyl (C=O) groups is 1. The lowest BCUT2D eigenvalue weighted by Crippen LogP contribution is -2.34. The molecular formula is C16H25N3O. The Morgan fingerprint density at radius 3 is 2.80 bits per heavy atom. The minimum absolute atomic E-state index is 0.0366. The Morgan fingerprint density at radius 2 is 2.10 bits per heavy atom. The molecule has 0 fully saturated rings. The molecule has 0 atom stereocenters. The van der Waals surface area contributed by atoms with Crippen molar-refractivity contribution in [2.24, 2.45) is 0 Å². The van der Waals surface area contributed by atoms with Crippen LogP contribution in [0.5, 0.6) is 0 Å². The monoisotopic (exact) mass is 275 g/mol. The molecule has 110 valence electrons. The molecule has 0 spiro atoms. The van der Waals surface area contributed by atoms with Gasteiger partial charge in [0, 0.05) is 37.9 Å². The highest BCUT2D eigenvalue weighted by atomic mass is 16.1. The SMILES string of the molecule is CCN(CC)CCNC(=O)c1ccc2c(c1)CCN2C. The van der Waals surface area contributed by atoms with Crippen LogP contribution in [0.4, 0.5) is 5.69 Å². The Kier molecular flexibility index (Phi) is 5.01.